The Morgan fingerprint density at radius 1 is 1.04 bits per heavy atom. The summed E-state index contributed by atoms with van der Waals surface area (Å²) in [5.41, 5.74) is 1.90. The van der Waals surface area contributed by atoms with Crippen molar-refractivity contribution in [3.63, 3.8) is 0 Å². The van der Waals surface area contributed by atoms with Gasteiger partial charge in [-0.25, -0.2) is 14.0 Å². The summed E-state index contributed by atoms with van der Waals surface area (Å²) in [5, 5.41) is 5.40. The summed E-state index contributed by atoms with van der Waals surface area (Å²) in [6.45, 7) is 2.75. The normalized spacial score (nSPS) is 10.2. The first-order valence-corrected chi connectivity index (χ1v) is 8.11. The summed E-state index contributed by atoms with van der Waals surface area (Å²) in [6, 6.07) is 13.0. The highest BCUT2D eigenvalue weighted by Gasteiger charge is 2.06. The van der Waals surface area contributed by atoms with Crippen LogP contribution < -0.4 is 10.6 Å². The Morgan fingerprint density at radius 3 is 2.44 bits per heavy atom. The molecule has 2 aromatic carbocycles. The molecule has 2 aromatic rings. The van der Waals surface area contributed by atoms with E-state index in [4.69, 9.17) is 4.74 Å². The van der Waals surface area contributed by atoms with E-state index in [-0.39, 0.29) is 17.8 Å². The van der Waals surface area contributed by atoms with E-state index < -0.39 is 0 Å². The molecule has 6 heteroatoms. The summed E-state index contributed by atoms with van der Waals surface area (Å²) in [7, 11) is 0. The number of carbonyl (C=O) groups excluding carboxylic acids is 2. The first-order valence-electron chi connectivity index (χ1n) is 8.11. The van der Waals surface area contributed by atoms with Crippen molar-refractivity contribution in [2.24, 2.45) is 0 Å². The van der Waals surface area contributed by atoms with Crippen LogP contribution in [-0.2, 0) is 17.7 Å². The molecule has 0 aliphatic rings. The summed E-state index contributed by atoms with van der Waals surface area (Å²) in [5.74, 6) is -0.640. The standard InChI is InChI=1S/C19H21FN2O3/c1-2-25-18(23)16-9-7-14(8-10-16)13-22-19(24)21-12-11-15-5-3-4-6-17(15)20/h3-10H,2,11-13H2,1H3,(H2,21,22,24). The number of nitrogens with one attached hydrogen (secondary N) is 2. The Bertz CT molecular complexity index is 717. The van der Waals surface area contributed by atoms with Gasteiger partial charge >= 0.3 is 12.0 Å². The zero-order chi connectivity index (χ0) is 18.1. The lowest BCUT2D eigenvalue weighted by Crippen LogP contribution is -2.36. The van der Waals surface area contributed by atoms with Crippen molar-refractivity contribution in [1.82, 2.24) is 10.6 Å². The van der Waals surface area contributed by atoms with Gasteiger partial charge < -0.3 is 15.4 Å². The fourth-order valence-corrected chi connectivity index (χ4v) is 2.23. The predicted octanol–water partition coefficient (Wildman–Crippen LogP) is 3.04. The maximum Gasteiger partial charge on any atom is 0.338 e. The minimum atomic E-state index is -0.368. The molecule has 0 saturated carbocycles. The Labute approximate surface area is 146 Å². The molecule has 2 rings (SSSR count). The molecule has 0 fully saturated rings. The summed E-state index contributed by atoms with van der Waals surface area (Å²) < 4.78 is 18.4. The molecule has 25 heavy (non-hydrogen) atoms. The van der Waals surface area contributed by atoms with Gasteiger partial charge in [-0.1, -0.05) is 30.3 Å². The lowest BCUT2D eigenvalue weighted by Gasteiger charge is -2.09. The van der Waals surface area contributed by atoms with Gasteiger partial charge in [0.25, 0.3) is 0 Å². The van der Waals surface area contributed by atoms with Crippen LogP contribution in [0.2, 0.25) is 0 Å². The molecule has 0 aliphatic carbocycles. The molecule has 132 valence electrons. The highest BCUT2D eigenvalue weighted by atomic mass is 19.1. The fraction of sp³-hybridized carbons (Fsp3) is 0.263. The minimum Gasteiger partial charge on any atom is -0.462 e. The molecule has 2 N–H and O–H groups in total. The molecule has 0 atom stereocenters. The van der Waals surface area contributed by atoms with E-state index in [9.17, 15) is 14.0 Å². The van der Waals surface area contributed by atoms with Gasteiger partial charge in [0.1, 0.15) is 5.82 Å². The summed E-state index contributed by atoms with van der Waals surface area (Å²) in [6.07, 6.45) is 0.425. The largest absolute Gasteiger partial charge is 0.462 e. The Balaban J connectivity index is 1.72. The monoisotopic (exact) mass is 344 g/mol. The molecular formula is C19H21FN2O3. The highest BCUT2D eigenvalue weighted by Crippen LogP contribution is 2.07. The van der Waals surface area contributed by atoms with Crippen LogP contribution in [0.1, 0.15) is 28.4 Å². The first-order chi connectivity index (χ1) is 12.1. The van der Waals surface area contributed by atoms with Gasteiger partial charge in [0.15, 0.2) is 0 Å². The van der Waals surface area contributed by atoms with E-state index in [1.807, 2.05) is 0 Å². The van der Waals surface area contributed by atoms with Crippen LogP contribution in [0.3, 0.4) is 0 Å². The number of benzene rings is 2. The average molecular weight is 344 g/mol. The van der Waals surface area contributed by atoms with E-state index in [0.29, 0.717) is 37.2 Å². The molecule has 0 saturated heterocycles. The van der Waals surface area contributed by atoms with E-state index in [2.05, 4.69) is 10.6 Å². The highest BCUT2D eigenvalue weighted by molar-refractivity contribution is 5.89. The number of ether oxygens (including phenoxy) is 1. The second-order valence-corrected chi connectivity index (χ2v) is 5.37. The SMILES string of the molecule is CCOC(=O)c1ccc(CNC(=O)NCCc2ccccc2F)cc1. The number of esters is 1. The first kappa shape index (κ1) is 18.4. The zero-order valence-electron chi connectivity index (χ0n) is 14.0. The number of hydrogen-bond acceptors (Lipinski definition) is 3. The molecule has 0 aliphatic heterocycles. The van der Waals surface area contributed by atoms with Crippen molar-refractivity contribution in [2.45, 2.75) is 19.9 Å². The Kier molecular flexibility index (Phi) is 6.95. The fourth-order valence-electron chi connectivity index (χ4n) is 2.23. The van der Waals surface area contributed by atoms with Gasteiger partial charge in [0.2, 0.25) is 0 Å². The van der Waals surface area contributed by atoms with Crippen LogP contribution in [0, 0.1) is 5.82 Å². The van der Waals surface area contributed by atoms with Crippen molar-refractivity contribution < 1.29 is 18.7 Å². The van der Waals surface area contributed by atoms with Gasteiger partial charge in [-0.05, 0) is 42.7 Å². The Morgan fingerprint density at radius 2 is 1.76 bits per heavy atom. The molecule has 0 spiro atoms. The van der Waals surface area contributed by atoms with E-state index in [1.165, 1.54) is 6.07 Å². The van der Waals surface area contributed by atoms with E-state index >= 15 is 0 Å². The third-order valence-electron chi connectivity index (χ3n) is 3.56. The quantitative estimate of drug-likeness (QED) is 0.759. The lowest BCUT2D eigenvalue weighted by molar-refractivity contribution is 0.0526. The third-order valence-corrected chi connectivity index (χ3v) is 3.56. The van der Waals surface area contributed by atoms with Gasteiger partial charge in [-0.3, -0.25) is 0 Å². The molecule has 0 aromatic heterocycles. The molecule has 0 radical (unpaired) electrons. The van der Waals surface area contributed by atoms with Crippen LogP contribution in [-0.4, -0.2) is 25.2 Å². The number of halogens is 1. The van der Waals surface area contributed by atoms with Crippen LogP contribution in [0.4, 0.5) is 9.18 Å². The molecule has 2 amide bonds. The Hall–Kier alpha value is -2.89. The maximum atomic E-state index is 13.5. The van der Waals surface area contributed by atoms with Crippen LogP contribution in [0.15, 0.2) is 48.5 Å². The number of rotatable bonds is 7. The number of hydrogen-bond donors (Lipinski definition) is 2. The molecule has 0 bridgehead atoms. The number of carbonyl (C=O) groups is 2. The maximum absolute atomic E-state index is 13.5. The van der Waals surface area contributed by atoms with Crippen LogP contribution in [0.25, 0.3) is 0 Å². The molecule has 0 unspecified atom stereocenters. The van der Waals surface area contributed by atoms with Crippen molar-refractivity contribution in [3.8, 4) is 0 Å². The minimum absolute atomic E-state index is 0.272. The zero-order valence-corrected chi connectivity index (χ0v) is 14.0. The van der Waals surface area contributed by atoms with Crippen molar-refractivity contribution in [3.05, 3.63) is 71.0 Å². The summed E-state index contributed by atoms with van der Waals surface area (Å²) in [4.78, 5) is 23.3. The van der Waals surface area contributed by atoms with Crippen molar-refractivity contribution in [2.75, 3.05) is 13.2 Å². The van der Waals surface area contributed by atoms with Gasteiger partial charge in [0.05, 0.1) is 12.2 Å². The molecule has 0 heterocycles. The number of amides is 2. The lowest BCUT2D eigenvalue weighted by atomic mass is 10.1. The topological polar surface area (TPSA) is 67.4 Å². The predicted molar refractivity (Wildman–Crippen MR) is 92.7 cm³/mol. The second-order valence-electron chi connectivity index (χ2n) is 5.37. The van der Waals surface area contributed by atoms with Crippen molar-refractivity contribution in [1.29, 1.82) is 0 Å². The van der Waals surface area contributed by atoms with Crippen molar-refractivity contribution >= 4 is 12.0 Å². The van der Waals surface area contributed by atoms with Gasteiger partial charge in [0, 0.05) is 13.1 Å². The third kappa shape index (κ3) is 5.91. The van der Waals surface area contributed by atoms with Gasteiger partial charge in [-0.15, -0.1) is 0 Å². The van der Waals surface area contributed by atoms with Gasteiger partial charge in [-0.2, -0.15) is 0 Å². The van der Waals surface area contributed by atoms with E-state index in [0.717, 1.165) is 5.56 Å². The number of urea groups is 1. The van der Waals surface area contributed by atoms with Crippen LogP contribution in [0.5, 0.6) is 0 Å². The molecular weight excluding hydrogens is 323 g/mol. The summed E-state index contributed by atoms with van der Waals surface area (Å²) >= 11 is 0. The second kappa shape index (κ2) is 9.42. The van der Waals surface area contributed by atoms with E-state index in [1.54, 1.807) is 49.4 Å². The van der Waals surface area contributed by atoms with Crippen LogP contribution >= 0.6 is 0 Å². The average Bonchev–Trinajstić information content (AvgIpc) is 2.62. The molecule has 5 nitrogen and oxygen atoms in total. The smallest absolute Gasteiger partial charge is 0.338 e.